The first kappa shape index (κ1) is 15.5. The van der Waals surface area contributed by atoms with Gasteiger partial charge in [-0.1, -0.05) is 23.4 Å². The number of hydrogen-bond donors (Lipinski definition) is 2. The molecule has 0 atom stereocenters. The fourth-order valence-corrected chi connectivity index (χ4v) is 2.61. The minimum atomic E-state index is -0.229. The highest BCUT2D eigenvalue weighted by molar-refractivity contribution is 7.11. The Bertz CT molecular complexity index is 716. The van der Waals surface area contributed by atoms with Crippen LogP contribution >= 0.6 is 22.9 Å². The molecule has 0 saturated carbocycles. The first-order chi connectivity index (χ1) is 10.1. The Morgan fingerprint density at radius 1 is 1.52 bits per heavy atom. The number of rotatable bonds is 3. The average molecular weight is 321 g/mol. The number of halogens is 1. The van der Waals surface area contributed by atoms with E-state index in [1.54, 1.807) is 35.7 Å². The van der Waals surface area contributed by atoms with Crippen LogP contribution < -0.4 is 5.32 Å². The molecule has 0 aliphatic carbocycles. The van der Waals surface area contributed by atoms with Crippen molar-refractivity contribution in [1.82, 2.24) is 10.3 Å². The number of nitrogens with zero attached hydrogens (tertiary/aromatic N) is 1. The minimum Gasteiger partial charge on any atom is -0.384 e. The lowest BCUT2D eigenvalue weighted by molar-refractivity contribution is 0.0951. The summed E-state index contributed by atoms with van der Waals surface area (Å²) in [7, 11) is 0. The number of benzene rings is 1. The van der Waals surface area contributed by atoms with Gasteiger partial charge in [0, 0.05) is 22.2 Å². The molecule has 2 aromatic rings. The number of aryl methyl sites for hydroxylation is 1. The summed E-state index contributed by atoms with van der Waals surface area (Å²) in [4.78, 5) is 17.2. The highest BCUT2D eigenvalue weighted by Crippen LogP contribution is 2.17. The van der Waals surface area contributed by atoms with E-state index in [-0.39, 0.29) is 12.5 Å². The van der Waals surface area contributed by atoms with E-state index in [2.05, 4.69) is 22.1 Å². The Labute approximate surface area is 131 Å². The number of aliphatic hydroxyl groups is 1. The second-order valence-corrected chi connectivity index (χ2v) is 5.91. The van der Waals surface area contributed by atoms with Crippen molar-refractivity contribution in [2.75, 3.05) is 6.61 Å². The summed E-state index contributed by atoms with van der Waals surface area (Å²) in [6.45, 7) is 2.13. The zero-order valence-electron chi connectivity index (χ0n) is 11.3. The number of amides is 1. The molecule has 0 bridgehead atoms. The van der Waals surface area contributed by atoms with Gasteiger partial charge < -0.3 is 10.4 Å². The molecular weight excluding hydrogens is 308 g/mol. The second-order valence-electron chi connectivity index (χ2n) is 4.18. The normalized spacial score (nSPS) is 9.86. The van der Waals surface area contributed by atoms with Crippen LogP contribution in [0.1, 0.15) is 25.8 Å². The van der Waals surface area contributed by atoms with Gasteiger partial charge in [-0.15, -0.1) is 11.3 Å². The first-order valence-corrected chi connectivity index (χ1v) is 7.38. The molecule has 108 valence electrons. The summed E-state index contributed by atoms with van der Waals surface area (Å²) in [6, 6.07) is 4.88. The van der Waals surface area contributed by atoms with E-state index in [9.17, 15) is 4.79 Å². The molecule has 2 N–H and O–H groups in total. The fraction of sp³-hybridized carbons (Fsp3) is 0.200. The van der Waals surface area contributed by atoms with Gasteiger partial charge in [0.25, 0.3) is 5.91 Å². The summed E-state index contributed by atoms with van der Waals surface area (Å²) in [6.07, 6.45) is 1.75. The molecule has 21 heavy (non-hydrogen) atoms. The number of carbonyl (C=O) groups excluding carboxylic acids is 1. The van der Waals surface area contributed by atoms with Crippen molar-refractivity contribution in [3.8, 4) is 11.8 Å². The van der Waals surface area contributed by atoms with Gasteiger partial charge in [0.2, 0.25) is 0 Å². The zero-order valence-corrected chi connectivity index (χ0v) is 12.9. The maximum atomic E-state index is 12.0. The molecule has 0 aliphatic rings. The third-order valence-corrected chi connectivity index (χ3v) is 3.85. The van der Waals surface area contributed by atoms with Gasteiger partial charge >= 0.3 is 0 Å². The standard InChI is InChI=1S/C15H13ClN2O2S/c1-10-17-8-13(21-10)9-18-15(20)12-5-4-11(3-2-6-19)14(16)7-12/h4-5,7-8,19H,6,9H2,1H3,(H,18,20). The van der Waals surface area contributed by atoms with Gasteiger partial charge in [-0.05, 0) is 25.1 Å². The van der Waals surface area contributed by atoms with Crippen LogP contribution in [0, 0.1) is 18.8 Å². The number of nitrogens with one attached hydrogen (secondary N) is 1. The van der Waals surface area contributed by atoms with Crippen molar-refractivity contribution < 1.29 is 9.90 Å². The molecule has 0 unspecified atom stereocenters. The molecule has 1 amide bonds. The van der Waals surface area contributed by atoms with E-state index in [1.807, 2.05) is 6.92 Å². The zero-order chi connectivity index (χ0) is 15.2. The highest BCUT2D eigenvalue weighted by Gasteiger charge is 2.08. The molecule has 1 heterocycles. The Kier molecular flexibility index (Phi) is 5.34. The maximum absolute atomic E-state index is 12.0. The van der Waals surface area contributed by atoms with Crippen molar-refractivity contribution in [2.24, 2.45) is 0 Å². The lowest BCUT2D eigenvalue weighted by Crippen LogP contribution is -2.22. The molecule has 6 heteroatoms. The predicted molar refractivity (Wildman–Crippen MR) is 83.4 cm³/mol. The molecule has 0 radical (unpaired) electrons. The summed E-state index contributed by atoms with van der Waals surface area (Å²) >= 11 is 7.60. The van der Waals surface area contributed by atoms with Crippen LogP contribution in [0.4, 0.5) is 0 Å². The van der Waals surface area contributed by atoms with Crippen molar-refractivity contribution in [2.45, 2.75) is 13.5 Å². The van der Waals surface area contributed by atoms with Gasteiger partial charge in [0.1, 0.15) is 6.61 Å². The molecular formula is C15H13ClN2O2S. The summed E-state index contributed by atoms with van der Waals surface area (Å²) in [5.41, 5.74) is 1.05. The molecule has 0 fully saturated rings. The number of aromatic nitrogens is 1. The topological polar surface area (TPSA) is 62.2 Å². The largest absolute Gasteiger partial charge is 0.384 e. The maximum Gasteiger partial charge on any atom is 0.251 e. The summed E-state index contributed by atoms with van der Waals surface area (Å²) in [5.74, 6) is 5.03. The van der Waals surface area contributed by atoms with Gasteiger partial charge in [0.15, 0.2) is 0 Å². The third kappa shape index (κ3) is 4.30. The van der Waals surface area contributed by atoms with Crippen LogP contribution in [0.25, 0.3) is 0 Å². The third-order valence-electron chi connectivity index (χ3n) is 2.63. The van der Waals surface area contributed by atoms with Crippen molar-refractivity contribution in [3.63, 3.8) is 0 Å². The minimum absolute atomic E-state index is 0.204. The SMILES string of the molecule is Cc1ncc(CNC(=O)c2ccc(C#CCO)c(Cl)c2)s1. The first-order valence-electron chi connectivity index (χ1n) is 6.19. The Morgan fingerprint density at radius 3 is 2.95 bits per heavy atom. The van der Waals surface area contributed by atoms with Crippen molar-refractivity contribution in [3.05, 3.63) is 50.4 Å². The van der Waals surface area contributed by atoms with E-state index < -0.39 is 0 Å². The van der Waals surface area contributed by atoms with E-state index >= 15 is 0 Å². The van der Waals surface area contributed by atoms with Gasteiger partial charge in [0.05, 0.1) is 16.6 Å². The molecule has 2 rings (SSSR count). The predicted octanol–water partition coefficient (Wildman–Crippen LogP) is 2.38. The Morgan fingerprint density at radius 2 is 2.33 bits per heavy atom. The molecule has 0 spiro atoms. The van der Waals surface area contributed by atoms with Gasteiger partial charge in [-0.25, -0.2) is 4.98 Å². The van der Waals surface area contributed by atoms with Crippen molar-refractivity contribution in [1.29, 1.82) is 0 Å². The number of hydrogen-bond acceptors (Lipinski definition) is 4. The van der Waals surface area contributed by atoms with Crippen molar-refractivity contribution >= 4 is 28.8 Å². The van der Waals surface area contributed by atoms with E-state index in [1.165, 1.54) is 0 Å². The summed E-state index contributed by atoms with van der Waals surface area (Å²) in [5, 5.41) is 12.8. The second kappa shape index (κ2) is 7.23. The van der Waals surface area contributed by atoms with Crippen LogP contribution in [0.3, 0.4) is 0 Å². The smallest absolute Gasteiger partial charge is 0.251 e. The molecule has 0 aliphatic heterocycles. The highest BCUT2D eigenvalue weighted by atomic mass is 35.5. The van der Waals surface area contributed by atoms with Crippen LogP contribution in [0.5, 0.6) is 0 Å². The van der Waals surface area contributed by atoms with E-state index in [0.29, 0.717) is 22.7 Å². The van der Waals surface area contributed by atoms with Crippen LogP contribution in [-0.4, -0.2) is 22.6 Å². The quantitative estimate of drug-likeness (QED) is 0.854. The molecule has 1 aromatic carbocycles. The molecule has 1 aromatic heterocycles. The summed E-state index contributed by atoms with van der Waals surface area (Å²) < 4.78 is 0. The Balaban J connectivity index is 2.04. The monoisotopic (exact) mass is 320 g/mol. The lowest BCUT2D eigenvalue weighted by atomic mass is 10.1. The fourth-order valence-electron chi connectivity index (χ4n) is 1.65. The van der Waals surface area contributed by atoms with Crippen LogP contribution in [0.15, 0.2) is 24.4 Å². The van der Waals surface area contributed by atoms with Crippen LogP contribution in [-0.2, 0) is 6.54 Å². The number of carbonyl (C=O) groups is 1. The van der Waals surface area contributed by atoms with Crippen LogP contribution in [0.2, 0.25) is 5.02 Å². The van der Waals surface area contributed by atoms with E-state index in [4.69, 9.17) is 16.7 Å². The van der Waals surface area contributed by atoms with Gasteiger partial charge in [-0.2, -0.15) is 0 Å². The Hall–Kier alpha value is -1.87. The lowest BCUT2D eigenvalue weighted by Gasteiger charge is -2.05. The molecule has 4 nitrogen and oxygen atoms in total. The molecule has 0 saturated heterocycles. The van der Waals surface area contributed by atoms with Gasteiger partial charge in [-0.3, -0.25) is 4.79 Å². The number of aliphatic hydroxyl groups excluding tert-OH is 1. The van der Waals surface area contributed by atoms with E-state index in [0.717, 1.165) is 9.88 Å². The number of thiazole rings is 1. The average Bonchev–Trinajstić information content (AvgIpc) is 2.89.